The van der Waals surface area contributed by atoms with Crippen LogP contribution in [0.25, 0.3) is 0 Å². The summed E-state index contributed by atoms with van der Waals surface area (Å²) in [5, 5.41) is 10.4. The van der Waals surface area contributed by atoms with Crippen LogP contribution in [0.5, 0.6) is 0 Å². The molecule has 0 aliphatic carbocycles. The van der Waals surface area contributed by atoms with Crippen LogP contribution in [0.15, 0.2) is 5.16 Å². The summed E-state index contributed by atoms with van der Waals surface area (Å²) in [4.78, 5) is 15.8. The second-order valence-electron chi connectivity index (χ2n) is 4.31. The van der Waals surface area contributed by atoms with Gasteiger partial charge in [0.25, 0.3) is 0 Å². The fraction of sp³-hybridized carbons (Fsp3) is 0.727. The predicted molar refractivity (Wildman–Crippen MR) is 68.9 cm³/mol. The van der Waals surface area contributed by atoms with Gasteiger partial charge in [0.2, 0.25) is 11.1 Å². The Morgan fingerprint density at radius 1 is 1.47 bits per heavy atom. The first-order valence-electron chi connectivity index (χ1n) is 5.86. The van der Waals surface area contributed by atoms with Crippen molar-refractivity contribution in [1.29, 1.82) is 0 Å². The minimum atomic E-state index is 0.0269. The topological polar surface area (TPSA) is 70.7 Å². The molecule has 0 aromatic carbocycles. The fourth-order valence-electron chi connectivity index (χ4n) is 1.09. The van der Waals surface area contributed by atoms with Crippen LogP contribution in [0, 0.1) is 5.92 Å². The van der Waals surface area contributed by atoms with Crippen molar-refractivity contribution >= 4 is 17.7 Å². The second kappa shape index (κ2) is 6.64. The molecule has 0 saturated heterocycles. The Kier molecular flexibility index (Phi) is 5.47. The number of aryl methyl sites for hydroxylation is 1. The zero-order valence-corrected chi connectivity index (χ0v) is 11.6. The van der Waals surface area contributed by atoms with Gasteiger partial charge in [-0.05, 0) is 12.8 Å². The van der Waals surface area contributed by atoms with Crippen molar-refractivity contribution in [3.63, 3.8) is 0 Å². The molecule has 1 aromatic heterocycles. The standard InChI is InChI=1S/C11H20N4OS/c1-5-9-13-11(15-14-9)17-6-10(16)12-8(4)7(2)3/h7-8H,5-6H2,1-4H3,(H,12,16)(H,13,14,15). The van der Waals surface area contributed by atoms with Crippen molar-refractivity contribution in [2.45, 2.75) is 45.3 Å². The number of hydrogen-bond donors (Lipinski definition) is 2. The summed E-state index contributed by atoms with van der Waals surface area (Å²) in [7, 11) is 0. The van der Waals surface area contributed by atoms with Crippen molar-refractivity contribution in [3.05, 3.63) is 5.82 Å². The van der Waals surface area contributed by atoms with Gasteiger partial charge in [-0.2, -0.15) is 0 Å². The average molecular weight is 256 g/mol. The Bertz CT molecular complexity index is 364. The molecule has 6 heteroatoms. The molecular weight excluding hydrogens is 236 g/mol. The quantitative estimate of drug-likeness (QED) is 0.759. The number of rotatable bonds is 6. The van der Waals surface area contributed by atoms with Gasteiger partial charge in [0, 0.05) is 12.5 Å². The molecule has 0 saturated carbocycles. The summed E-state index contributed by atoms with van der Waals surface area (Å²) in [5.41, 5.74) is 0. The van der Waals surface area contributed by atoms with Gasteiger partial charge in [-0.1, -0.05) is 32.5 Å². The first-order valence-corrected chi connectivity index (χ1v) is 6.85. The number of nitrogens with zero attached hydrogens (tertiary/aromatic N) is 2. The molecule has 1 heterocycles. The Morgan fingerprint density at radius 2 is 2.18 bits per heavy atom. The Morgan fingerprint density at radius 3 is 2.71 bits per heavy atom. The number of carbonyl (C=O) groups excluding carboxylic acids is 1. The number of H-pyrrole nitrogens is 1. The summed E-state index contributed by atoms with van der Waals surface area (Å²) < 4.78 is 0. The number of aromatic nitrogens is 3. The third-order valence-electron chi connectivity index (χ3n) is 2.57. The summed E-state index contributed by atoms with van der Waals surface area (Å²) in [6, 6.07) is 0.196. The molecule has 17 heavy (non-hydrogen) atoms. The largest absolute Gasteiger partial charge is 0.353 e. The van der Waals surface area contributed by atoms with E-state index in [4.69, 9.17) is 0 Å². The van der Waals surface area contributed by atoms with Gasteiger partial charge in [-0.3, -0.25) is 9.89 Å². The number of hydrogen-bond acceptors (Lipinski definition) is 4. The highest BCUT2D eigenvalue weighted by Crippen LogP contribution is 2.12. The number of thioether (sulfide) groups is 1. The Labute approximate surface area is 106 Å². The Hall–Kier alpha value is -1.04. The molecule has 0 bridgehead atoms. The van der Waals surface area contributed by atoms with E-state index in [-0.39, 0.29) is 11.9 Å². The summed E-state index contributed by atoms with van der Waals surface area (Å²) in [5.74, 6) is 1.68. The molecule has 5 nitrogen and oxygen atoms in total. The van der Waals surface area contributed by atoms with E-state index < -0.39 is 0 Å². The molecule has 96 valence electrons. The van der Waals surface area contributed by atoms with E-state index in [0.29, 0.717) is 16.8 Å². The zero-order valence-electron chi connectivity index (χ0n) is 10.8. The van der Waals surface area contributed by atoms with Crippen molar-refractivity contribution in [2.75, 3.05) is 5.75 Å². The predicted octanol–water partition coefficient (Wildman–Crippen LogP) is 1.62. The van der Waals surface area contributed by atoms with Gasteiger partial charge >= 0.3 is 0 Å². The molecule has 1 amide bonds. The van der Waals surface area contributed by atoms with Crippen LogP contribution >= 0.6 is 11.8 Å². The minimum absolute atomic E-state index is 0.0269. The van der Waals surface area contributed by atoms with Gasteiger partial charge in [0.15, 0.2) is 0 Å². The summed E-state index contributed by atoms with van der Waals surface area (Å²) in [6.07, 6.45) is 0.824. The minimum Gasteiger partial charge on any atom is -0.353 e. The molecule has 1 unspecified atom stereocenters. The lowest BCUT2D eigenvalue weighted by Crippen LogP contribution is -2.37. The van der Waals surface area contributed by atoms with Gasteiger partial charge < -0.3 is 5.32 Å². The third-order valence-corrected chi connectivity index (χ3v) is 3.41. The van der Waals surface area contributed by atoms with Crippen molar-refractivity contribution in [2.24, 2.45) is 5.92 Å². The lowest BCUT2D eigenvalue weighted by Gasteiger charge is -2.16. The number of carbonyl (C=O) groups is 1. The second-order valence-corrected chi connectivity index (χ2v) is 5.25. The average Bonchev–Trinajstić information content (AvgIpc) is 2.74. The lowest BCUT2D eigenvalue weighted by atomic mass is 10.1. The number of nitrogens with one attached hydrogen (secondary N) is 2. The van der Waals surface area contributed by atoms with Crippen molar-refractivity contribution in [1.82, 2.24) is 20.5 Å². The van der Waals surface area contributed by atoms with Gasteiger partial charge in [-0.25, -0.2) is 4.98 Å². The summed E-state index contributed by atoms with van der Waals surface area (Å²) >= 11 is 1.35. The number of aromatic amines is 1. The maximum Gasteiger partial charge on any atom is 0.230 e. The SMILES string of the molecule is CCc1nc(SCC(=O)NC(C)C(C)C)n[nH]1. The van der Waals surface area contributed by atoms with Crippen LogP contribution in [0.2, 0.25) is 0 Å². The molecule has 0 spiro atoms. The highest BCUT2D eigenvalue weighted by molar-refractivity contribution is 7.99. The van der Waals surface area contributed by atoms with E-state index in [9.17, 15) is 4.79 Å². The first kappa shape index (κ1) is 14.0. The van der Waals surface area contributed by atoms with Crippen molar-refractivity contribution in [3.8, 4) is 0 Å². The van der Waals surface area contributed by atoms with E-state index in [0.717, 1.165) is 12.2 Å². The monoisotopic (exact) mass is 256 g/mol. The fourth-order valence-corrected chi connectivity index (χ4v) is 1.72. The first-order chi connectivity index (χ1) is 8.02. The van der Waals surface area contributed by atoms with Crippen LogP contribution in [-0.2, 0) is 11.2 Å². The van der Waals surface area contributed by atoms with Crippen LogP contribution in [0.4, 0.5) is 0 Å². The lowest BCUT2D eigenvalue weighted by molar-refractivity contribution is -0.119. The van der Waals surface area contributed by atoms with E-state index in [2.05, 4.69) is 34.3 Å². The highest BCUT2D eigenvalue weighted by atomic mass is 32.2. The van der Waals surface area contributed by atoms with E-state index >= 15 is 0 Å². The van der Waals surface area contributed by atoms with Gasteiger partial charge in [0.1, 0.15) is 5.82 Å². The van der Waals surface area contributed by atoms with Gasteiger partial charge in [-0.15, -0.1) is 5.10 Å². The molecule has 0 fully saturated rings. The maximum absolute atomic E-state index is 11.6. The van der Waals surface area contributed by atoms with E-state index in [1.165, 1.54) is 11.8 Å². The molecule has 0 radical (unpaired) electrons. The normalized spacial score (nSPS) is 12.8. The molecule has 1 atom stereocenters. The van der Waals surface area contributed by atoms with Crippen LogP contribution in [-0.4, -0.2) is 32.9 Å². The highest BCUT2D eigenvalue weighted by Gasteiger charge is 2.12. The smallest absolute Gasteiger partial charge is 0.230 e. The Balaban J connectivity index is 2.33. The summed E-state index contributed by atoms with van der Waals surface area (Å²) in [6.45, 7) is 8.18. The van der Waals surface area contributed by atoms with E-state index in [1.54, 1.807) is 0 Å². The molecule has 0 aliphatic rings. The van der Waals surface area contributed by atoms with Crippen LogP contribution in [0.1, 0.15) is 33.5 Å². The van der Waals surface area contributed by atoms with Crippen LogP contribution in [0.3, 0.4) is 0 Å². The zero-order chi connectivity index (χ0) is 12.8. The molecule has 2 N–H and O–H groups in total. The molecular formula is C11H20N4OS. The maximum atomic E-state index is 11.6. The van der Waals surface area contributed by atoms with E-state index in [1.807, 2.05) is 13.8 Å². The molecule has 0 aliphatic heterocycles. The number of amides is 1. The third kappa shape index (κ3) is 4.77. The van der Waals surface area contributed by atoms with Gasteiger partial charge in [0.05, 0.1) is 5.75 Å². The molecule has 1 aromatic rings. The van der Waals surface area contributed by atoms with Crippen molar-refractivity contribution < 1.29 is 4.79 Å². The molecule has 1 rings (SSSR count). The van der Waals surface area contributed by atoms with Crippen LogP contribution < -0.4 is 5.32 Å².